The van der Waals surface area contributed by atoms with E-state index < -0.39 is 0 Å². The van der Waals surface area contributed by atoms with E-state index in [2.05, 4.69) is 49.9 Å². The predicted octanol–water partition coefficient (Wildman–Crippen LogP) is 2.54. The number of aromatic nitrogens is 1. The summed E-state index contributed by atoms with van der Waals surface area (Å²) in [6.45, 7) is 6.65. The standard InChI is InChI=1S/C17H22IN5O2/c1-4-6-7-25-17-12(8-11(18)9-19-17)15-21-16(24)14-10(3)20-13(5-2)23(14)22-15/h8-10,14H,4-7H2,1-3H3,(H,21,22,24). The Hall–Kier alpha value is -1.71. The Balaban J connectivity index is 1.96. The molecule has 0 spiro atoms. The zero-order valence-electron chi connectivity index (χ0n) is 14.6. The molecule has 2 atom stereocenters. The number of fused-ring (bicyclic) bond motifs is 1. The van der Waals surface area contributed by atoms with Crippen molar-refractivity contribution in [1.29, 1.82) is 0 Å². The zero-order chi connectivity index (χ0) is 18.0. The molecule has 2 aliphatic rings. The molecule has 2 unspecified atom stereocenters. The monoisotopic (exact) mass is 455 g/mol. The third kappa shape index (κ3) is 3.63. The second-order valence-electron chi connectivity index (χ2n) is 6.08. The molecule has 25 heavy (non-hydrogen) atoms. The number of carbonyl (C=O) groups excluding carboxylic acids is 1. The molecule has 0 radical (unpaired) electrons. The number of hydrazone groups is 1. The molecule has 7 nitrogen and oxygen atoms in total. The second-order valence-corrected chi connectivity index (χ2v) is 7.32. The van der Waals surface area contributed by atoms with Gasteiger partial charge in [-0.25, -0.2) is 9.99 Å². The molecule has 3 heterocycles. The number of unbranched alkanes of at least 4 members (excludes halogenated alkanes) is 1. The first-order valence-electron chi connectivity index (χ1n) is 8.59. The Kier molecular flexibility index (Phi) is 5.55. The average molecular weight is 455 g/mol. The largest absolute Gasteiger partial charge is 0.477 e. The van der Waals surface area contributed by atoms with Gasteiger partial charge >= 0.3 is 0 Å². The summed E-state index contributed by atoms with van der Waals surface area (Å²) in [5.74, 6) is 1.70. The van der Waals surface area contributed by atoms with Gasteiger partial charge in [0.15, 0.2) is 11.9 Å². The van der Waals surface area contributed by atoms with Gasteiger partial charge in [-0.15, -0.1) is 0 Å². The summed E-state index contributed by atoms with van der Waals surface area (Å²) in [7, 11) is 0. The molecule has 0 aliphatic carbocycles. The number of aliphatic imine (C=N–C) groups is 1. The van der Waals surface area contributed by atoms with E-state index in [1.54, 1.807) is 11.2 Å². The summed E-state index contributed by atoms with van der Waals surface area (Å²) in [5.41, 5.74) is 0.699. The third-order valence-electron chi connectivity index (χ3n) is 4.18. The van der Waals surface area contributed by atoms with Crippen molar-refractivity contribution in [3.63, 3.8) is 0 Å². The molecule has 0 fully saturated rings. The van der Waals surface area contributed by atoms with Crippen LogP contribution in [0, 0.1) is 3.57 Å². The highest BCUT2D eigenvalue weighted by molar-refractivity contribution is 14.1. The van der Waals surface area contributed by atoms with Crippen LogP contribution >= 0.6 is 22.6 Å². The number of carbonyl (C=O) groups is 1. The van der Waals surface area contributed by atoms with Crippen molar-refractivity contribution in [3.8, 4) is 5.88 Å². The maximum atomic E-state index is 12.6. The molecule has 0 saturated carbocycles. The molecule has 8 heteroatoms. The van der Waals surface area contributed by atoms with Gasteiger partial charge in [0.2, 0.25) is 5.88 Å². The van der Waals surface area contributed by atoms with Crippen molar-refractivity contribution in [2.45, 2.75) is 52.1 Å². The number of hydrogen-bond acceptors (Lipinski definition) is 6. The van der Waals surface area contributed by atoms with Crippen LogP contribution in [0.4, 0.5) is 0 Å². The quantitative estimate of drug-likeness (QED) is 0.529. The second kappa shape index (κ2) is 7.67. The number of amides is 1. The lowest BCUT2D eigenvalue weighted by Gasteiger charge is -2.29. The lowest BCUT2D eigenvalue weighted by atomic mass is 10.1. The van der Waals surface area contributed by atoms with E-state index in [4.69, 9.17) is 4.74 Å². The summed E-state index contributed by atoms with van der Waals surface area (Å²) in [5, 5.41) is 9.32. The molecule has 3 rings (SSSR count). The predicted molar refractivity (Wildman–Crippen MR) is 105 cm³/mol. The molecular formula is C17H22IN5O2. The number of ether oxygens (including phenoxy) is 1. The Bertz CT molecular complexity index is 734. The van der Waals surface area contributed by atoms with Crippen LogP contribution in [-0.4, -0.2) is 46.3 Å². The van der Waals surface area contributed by atoms with E-state index in [1.165, 1.54) is 0 Å². The minimum atomic E-state index is -0.376. The first-order valence-corrected chi connectivity index (χ1v) is 9.67. The normalized spacial score (nSPS) is 22.2. The van der Waals surface area contributed by atoms with Crippen LogP contribution in [0.1, 0.15) is 45.6 Å². The smallest absolute Gasteiger partial charge is 0.252 e. The van der Waals surface area contributed by atoms with Crippen LogP contribution < -0.4 is 10.1 Å². The minimum absolute atomic E-state index is 0.0944. The van der Waals surface area contributed by atoms with Gasteiger partial charge in [0.1, 0.15) is 5.84 Å². The zero-order valence-corrected chi connectivity index (χ0v) is 16.8. The Morgan fingerprint density at radius 1 is 1.40 bits per heavy atom. The highest BCUT2D eigenvalue weighted by Gasteiger charge is 2.42. The molecule has 1 N–H and O–H groups in total. The van der Waals surface area contributed by atoms with Gasteiger partial charge in [0.05, 0.1) is 18.2 Å². The van der Waals surface area contributed by atoms with E-state index in [-0.39, 0.29) is 18.0 Å². The number of amidine groups is 2. The van der Waals surface area contributed by atoms with Gasteiger partial charge < -0.3 is 10.1 Å². The maximum absolute atomic E-state index is 12.6. The Labute approximate surface area is 161 Å². The van der Waals surface area contributed by atoms with Crippen LogP contribution in [0.3, 0.4) is 0 Å². The lowest BCUT2D eigenvalue weighted by molar-refractivity contribution is -0.124. The Morgan fingerprint density at radius 3 is 2.92 bits per heavy atom. The van der Waals surface area contributed by atoms with Crippen molar-refractivity contribution in [1.82, 2.24) is 15.3 Å². The number of halogens is 1. The fourth-order valence-corrected chi connectivity index (χ4v) is 3.35. The summed E-state index contributed by atoms with van der Waals surface area (Å²) >= 11 is 2.19. The van der Waals surface area contributed by atoms with E-state index in [1.807, 2.05) is 19.9 Å². The number of rotatable bonds is 6. The first-order chi connectivity index (χ1) is 12.0. The fraction of sp³-hybridized carbons (Fsp3) is 0.529. The molecule has 0 saturated heterocycles. The topological polar surface area (TPSA) is 79.2 Å². The molecule has 134 valence electrons. The van der Waals surface area contributed by atoms with E-state index in [0.717, 1.165) is 28.7 Å². The lowest BCUT2D eigenvalue weighted by Crippen LogP contribution is -2.54. The van der Waals surface area contributed by atoms with Crippen molar-refractivity contribution < 1.29 is 9.53 Å². The first kappa shape index (κ1) is 18.1. The third-order valence-corrected chi connectivity index (χ3v) is 4.77. The van der Waals surface area contributed by atoms with Gasteiger partial charge in [-0.05, 0) is 42.0 Å². The van der Waals surface area contributed by atoms with Crippen molar-refractivity contribution in [2.24, 2.45) is 10.1 Å². The van der Waals surface area contributed by atoms with Crippen LogP contribution in [-0.2, 0) is 4.79 Å². The van der Waals surface area contributed by atoms with Crippen LogP contribution in [0.2, 0.25) is 0 Å². The number of pyridine rings is 1. The van der Waals surface area contributed by atoms with Gasteiger partial charge in [-0.3, -0.25) is 9.79 Å². The highest BCUT2D eigenvalue weighted by atomic mass is 127. The van der Waals surface area contributed by atoms with E-state index >= 15 is 0 Å². The fourth-order valence-electron chi connectivity index (χ4n) is 2.90. The maximum Gasteiger partial charge on any atom is 0.252 e. The number of nitrogens with one attached hydrogen (secondary N) is 1. The molecule has 2 aliphatic heterocycles. The average Bonchev–Trinajstić information content (AvgIpc) is 2.92. The van der Waals surface area contributed by atoms with Crippen LogP contribution in [0.25, 0.3) is 0 Å². The van der Waals surface area contributed by atoms with Crippen LogP contribution in [0.15, 0.2) is 22.4 Å². The van der Waals surface area contributed by atoms with Gasteiger partial charge in [-0.2, -0.15) is 5.10 Å². The van der Waals surface area contributed by atoms with Crippen molar-refractivity contribution in [2.75, 3.05) is 6.61 Å². The van der Waals surface area contributed by atoms with Gasteiger partial charge in [-0.1, -0.05) is 20.3 Å². The molecule has 1 amide bonds. The van der Waals surface area contributed by atoms with E-state index in [0.29, 0.717) is 23.9 Å². The molecule has 0 bridgehead atoms. The van der Waals surface area contributed by atoms with Gasteiger partial charge in [0, 0.05) is 16.2 Å². The molecule has 1 aromatic rings. The molecule has 0 aromatic carbocycles. The summed E-state index contributed by atoms with van der Waals surface area (Å²) in [4.78, 5) is 21.6. The molecule has 1 aromatic heterocycles. The van der Waals surface area contributed by atoms with E-state index in [9.17, 15) is 4.79 Å². The van der Waals surface area contributed by atoms with Crippen LogP contribution in [0.5, 0.6) is 5.88 Å². The van der Waals surface area contributed by atoms with Crippen molar-refractivity contribution in [3.05, 3.63) is 21.4 Å². The van der Waals surface area contributed by atoms with Gasteiger partial charge in [0.25, 0.3) is 5.91 Å². The summed E-state index contributed by atoms with van der Waals surface area (Å²) in [6.07, 6.45) is 4.47. The number of nitrogens with zero attached hydrogens (tertiary/aromatic N) is 4. The summed E-state index contributed by atoms with van der Waals surface area (Å²) < 4.78 is 6.76. The molecular weight excluding hydrogens is 433 g/mol. The van der Waals surface area contributed by atoms with Crippen molar-refractivity contribution >= 4 is 40.2 Å². The number of hydrogen-bond donors (Lipinski definition) is 1. The minimum Gasteiger partial charge on any atom is -0.477 e. The SMILES string of the molecule is CCCCOc1ncc(I)cc1C1=NN2C(CC)=NC(C)C2C(=O)N1. The summed E-state index contributed by atoms with van der Waals surface area (Å²) in [6, 6.07) is 1.45. The highest BCUT2D eigenvalue weighted by Crippen LogP contribution is 2.26. The Morgan fingerprint density at radius 2 is 2.20 bits per heavy atom.